The van der Waals surface area contributed by atoms with Crippen LogP contribution in [-0.4, -0.2) is 67.1 Å². The highest BCUT2D eigenvalue weighted by molar-refractivity contribution is 7.87. The molecule has 2 heterocycles. The fourth-order valence-corrected chi connectivity index (χ4v) is 4.83. The molecule has 2 N–H and O–H groups in total. The third-order valence-electron chi connectivity index (χ3n) is 5.18. The lowest BCUT2D eigenvalue weighted by Gasteiger charge is -2.47. The van der Waals surface area contributed by atoms with Crippen molar-refractivity contribution in [3.05, 3.63) is 17.5 Å². The van der Waals surface area contributed by atoms with E-state index in [4.69, 9.17) is 0 Å². The first-order valence-corrected chi connectivity index (χ1v) is 9.81. The molecule has 0 radical (unpaired) electrons. The number of H-pyrrole nitrogens is 1. The van der Waals surface area contributed by atoms with E-state index >= 15 is 0 Å². The molecule has 1 aliphatic heterocycles. The van der Waals surface area contributed by atoms with Crippen molar-refractivity contribution in [3.8, 4) is 0 Å². The normalized spacial score (nSPS) is 28.6. The summed E-state index contributed by atoms with van der Waals surface area (Å²) in [5.74, 6) is 0.290. The predicted octanol–water partition coefficient (Wildman–Crippen LogP) is 0.373. The van der Waals surface area contributed by atoms with E-state index in [1.807, 2.05) is 6.20 Å². The van der Waals surface area contributed by atoms with Gasteiger partial charge < -0.3 is 0 Å². The summed E-state index contributed by atoms with van der Waals surface area (Å²) in [5.41, 5.74) is 2.45. The monoisotopic (exact) mass is 341 g/mol. The number of hydrogen-bond donors (Lipinski definition) is 2. The largest absolute Gasteiger partial charge is 0.300 e. The minimum atomic E-state index is -3.40. The number of piperidine rings is 1. The Morgan fingerprint density at radius 1 is 1.43 bits per heavy atom. The predicted molar refractivity (Wildman–Crippen MR) is 89.3 cm³/mol. The Balaban J connectivity index is 1.84. The lowest BCUT2D eigenvalue weighted by atomic mass is 9.75. The van der Waals surface area contributed by atoms with Crippen molar-refractivity contribution >= 4 is 10.2 Å². The minimum absolute atomic E-state index is 0.0167. The molecular weight excluding hydrogens is 314 g/mol. The van der Waals surface area contributed by atoms with Gasteiger partial charge in [-0.05, 0) is 50.3 Å². The zero-order chi connectivity index (χ0) is 16.6. The maximum atomic E-state index is 12.3. The molecule has 3 rings (SSSR count). The Bertz CT molecular complexity index is 642. The molecule has 1 saturated heterocycles. The average Bonchev–Trinajstić information content (AvgIpc) is 2.95. The van der Waals surface area contributed by atoms with Crippen molar-refractivity contribution in [2.45, 2.75) is 44.7 Å². The van der Waals surface area contributed by atoms with Gasteiger partial charge in [-0.1, -0.05) is 6.92 Å². The van der Waals surface area contributed by atoms with Crippen molar-refractivity contribution in [1.29, 1.82) is 0 Å². The SMILES string of the molecule is CCCN1CC[C@H](NS(=O)(=O)N(C)C)[C@H]2Cc3[nH]ncc3C[C@@H]21. The third-order valence-corrected chi connectivity index (χ3v) is 6.74. The van der Waals surface area contributed by atoms with Gasteiger partial charge in [0.05, 0.1) is 6.20 Å². The molecule has 0 aromatic carbocycles. The van der Waals surface area contributed by atoms with E-state index < -0.39 is 10.2 Å². The second kappa shape index (κ2) is 6.51. The number of likely N-dealkylation sites (tertiary alicyclic amines) is 1. The Hall–Kier alpha value is -0.960. The number of rotatable bonds is 5. The smallest absolute Gasteiger partial charge is 0.279 e. The van der Waals surface area contributed by atoms with Crippen LogP contribution in [0.3, 0.4) is 0 Å². The lowest BCUT2D eigenvalue weighted by molar-refractivity contribution is 0.0645. The summed E-state index contributed by atoms with van der Waals surface area (Å²) in [5, 5.41) is 7.26. The standard InChI is InChI=1S/C15H27N5O2S/c1-4-6-20-7-5-13(18-23(21,22)19(2)3)12-9-14-11(8-15(12)20)10-16-17-14/h10,12-13,15,18H,4-9H2,1-3H3,(H,16,17)/t12-,13+,15+/m1/s1. The van der Waals surface area contributed by atoms with E-state index in [1.54, 1.807) is 14.1 Å². The Labute approximate surface area is 138 Å². The number of aromatic amines is 1. The molecule has 23 heavy (non-hydrogen) atoms. The van der Waals surface area contributed by atoms with Crippen LogP contribution < -0.4 is 4.72 Å². The van der Waals surface area contributed by atoms with Gasteiger partial charge in [0, 0.05) is 31.9 Å². The van der Waals surface area contributed by atoms with Gasteiger partial charge in [0.1, 0.15) is 0 Å². The molecule has 3 atom stereocenters. The van der Waals surface area contributed by atoms with Crippen LogP contribution in [0.25, 0.3) is 0 Å². The minimum Gasteiger partial charge on any atom is -0.300 e. The summed E-state index contributed by atoms with van der Waals surface area (Å²) in [6.07, 6.45) is 5.72. The molecule has 1 aromatic rings. The van der Waals surface area contributed by atoms with Gasteiger partial charge in [-0.3, -0.25) is 10.00 Å². The molecule has 130 valence electrons. The fourth-order valence-electron chi connectivity index (χ4n) is 3.94. The van der Waals surface area contributed by atoms with Gasteiger partial charge in [0.15, 0.2) is 0 Å². The van der Waals surface area contributed by atoms with Gasteiger partial charge in [0.25, 0.3) is 10.2 Å². The van der Waals surface area contributed by atoms with Crippen LogP contribution in [0.15, 0.2) is 6.20 Å². The van der Waals surface area contributed by atoms with Crippen molar-refractivity contribution in [1.82, 2.24) is 24.1 Å². The first-order chi connectivity index (χ1) is 10.9. The first kappa shape index (κ1) is 16.9. The number of aromatic nitrogens is 2. The molecule has 0 saturated carbocycles. The van der Waals surface area contributed by atoms with Crippen LogP contribution >= 0.6 is 0 Å². The fraction of sp³-hybridized carbons (Fsp3) is 0.800. The quantitative estimate of drug-likeness (QED) is 0.811. The zero-order valence-corrected chi connectivity index (χ0v) is 14.9. The molecule has 2 aliphatic rings. The summed E-state index contributed by atoms with van der Waals surface area (Å²) in [6.45, 7) is 4.21. The molecule has 1 aliphatic carbocycles. The van der Waals surface area contributed by atoms with Crippen molar-refractivity contribution in [2.75, 3.05) is 27.2 Å². The van der Waals surface area contributed by atoms with Crippen molar-refractivity contribution < 1.29 is 8.42 Å². The topological polar surface area (TPSA) is 81.3 Å². The lowest BCUT2D eigenvalue weighted by Crippen LogP contribution is -2.60. The van der Waals surface area contributed by atoms with E-state index in [0.29, 0.717) is 6.04 Å². The summed E-state index contributed by atoms with van der Waals surface area (Å²) < 4.78 is 28.7. The van der Waals surface area contributed by atoms with Gasteiger partial charge in [-0.2, -0.15) is 22.5 Å². The highest BCUT2D eigenvalue weighted by Crippen LogP contribution is 2.34. The van der Waals surface area contributed by atoms with E-state index in [-0.39, 0.29) is 12.0 Å². The van der Waals surface area contributed by atoms with Gasteiger partial charge in [0.2, 0.25) is 0 Å². The zero-order valence-electron chi connectivity index (χ0n) is 14.1. The Kier molecular flexibility index (Phi) is 4.78. The molecule has 7 nitrogen and oxygen atoms in total. The second-order valence-electron chi connectivity index (χ2n) is 6.85. The number of nitrogens with zero attached hydrogens (tertiary/aromatic N) is 3. The highest BCUT2D eigenvalue weighted by atomic mass is 32.2. The maximum Gasteiger partial charge on any atom is 0.279 e. The second-order valence-corrected chi connectivity index (χ2v) is 8.77. The van der Waals surface area contributed by atoms with Gasteiger partial charge in [-0.25, -0.2) is 0 Å². The Morgan fingerprint density at radius 2 is 2.22 bits per heavy atom. The van der Waals surface area contributed by atoms with Gasteiger partial charge >= 0.3 is 0 Å². The van der Waals surface area contributed by atoms with Crippen LogP contribution in [0, 0.1) is 5.92 Å². The van der Waals surface area contributed by atoms with Crippen LogP contribution in [0.2, 0.25) is 0 Å². The van der Waals surface area contributed by atoms with Gasteiger partial charge in [-0.15, -0.1) is 0 Å². The molecular formula is C15H27N5O2S. The summed E-state index contributed by atoms with van der Waals surface area (Å²) in [4.78, 5) is 2.53. The molecule has 0 unspecified atom stereocenters. The average molecular weight is 341 g/mol. The van der Waals surface area contributed by atoms with Crippen molar-refractivity contribution in [3.63, 3.8) is 0 Å². The maximum absolute atomic E-state index is 12.3. The summed E-state index contributed by atoms with van der Waals surface area (Å²) in [7, 11) is -0.264. The first-order valence-electron chi connectivity index (χ1n) is 8.37. The van der Waals surface area contributed by atoms with E-state index in [0.717, 1.165) is 38.8 Å². The molecule has 0 spiro atoms. The van der Waals surface area contributed by atoms with Crippen LogP contribution in [-0.2, 0) is 23.1 Å². The van der Waals surface area contributed by atoms with Crippen LogP contribution in [0.4, 0.5) is 0 Å². The highest BCUT2D eigenvalue weighted by Gasteiger charge is 2.42. The number of fused-ring (bicyclic) bond motifs is 2. The molecule has 1 fully saturated rings. The van der Waals surface area contributed by atoms with E-state index in [9.17, 15) is 8.42 Å². The summed E-state index contributed by atoms with van der Waals surface area (Å²) >= 11 is 0. The summed E-state index contributed by atoms with van der Waals surface area (Å²) in [6, 6.07) is 0.376. The molecule has 0 bridgehead atoms. The van der Waals surface area contributed by atoms with Crippen LogP contribution in [0.1, 0.15) is 31.0 Å². The molecule has 1 aromatic heterocycles. The number of nitrogens with one attached hydrogen (secondary N) is 2. The molecule has 0 amide bonds. The Morgan fingerprint density at radius 3 is 2.91 bits per heavy atom. The van der Waals surface area contributed by atoms with E-state index in [2.05, 4.69) is 26.7 Å². The van der Waals surface area contributed by atoms with Crippen molar-refractivity contribution in [2.24, 2.45) is 5.92 Å². The number of hydrogen-bond acceptors (Lipinski definition) is 4. The third kappa shape index (κ3) is 3.31. The van der Waals surface area contributed by atoms with E-state index in [1.165, 1.54) is 15.6 Å². The van der Waals surface area contributed by atoms with Crippen LogP contribution in [0.5, 0.6) is 0 Å². The molecule has 8 heteroatoms.